The number of aromatic nitrogens is 4. The van der Waals surface area contributed by atoms with Crippen molar-refractivity contribution in [3.63, 3.8) is 0 Å². The molecule has 3 heterocycles. The van der Waals surface area contributed by atoms with E-state index in [-0.39, 0.29) is 0 Å². The molecule has 1 fully saturated rings. The molecule has 0 bridgehead atoms. The number of oxime groups is 1. The molecule has 170 valence electrons. The third-order valence-corrected chi connectivity index (χ3v) is 6.21. The molecule has 1 saturated carbocycles. The predicted molar refractivity (Wildman–Crippen MR) is 124 cm³/mol. The lowest BCUT2D eigenvalue weighted by atomic mass is 10.2. The first-order valence-electron chi connectivity index (χ1n) is 10.8. The first-order valence-corrected chi connectivity index (χ1v) is 10.8. The minimum Gasteiger partial charge on any atom is -0.494 e. The third kappa shape index (κ3) is 3.49. The Balaban J connectivity index is 1.75. The van der Waals surface area contributed by atoms with Crippen LogP contribution in [-0.2, 0) is 18.3 Å². The Labute approximate surface area is 190 Å². The van der Waals surface area contributed by atoms with Crippen LogP contribution in [0.5, 0.6) is 5.75 Å². The van der Waals surface area contributed by atoms with E-state index in [1.54, 1.807) is 26.2 Å². The zero-order chi connectivity index (χ0) is 23.3. The molecule has 0 unspecified atom stereocenters. The van der Waals surface area contributed by atoms with Gasteiger partial charge < -0.3 is 23.8 Å². The first kappa shape index (κ1) is 21.0. The van der Waals surface area contributed by atoms with E-state index in [0.717, 1.165) is 34.6 Å². The van der Waals surface area contributed by atoms with E-state index in [1.807, 2.05) is 23.7 Å². The molecule has 0 atom stereocenters. The summed E-state index contributed by atoms with van der Waals surface area (Å²) in [5.41, 5.74) is 4.66. The highest BCUT2D eigenvalue weighted by Crippen LogP contribution is 2.37. The van der Waals surface area contributed by atoms with Gasteiger partial charge in [0.2, 0.25) is 0 Å². The van der Waals surface area contributed by atoms with Gasteiger partial charge in [-0.3, -0.25) is 0 Å². The van der Waals surface area contributed by atoms with Crippen LogP contribution < -0.4 is 4.74 Å². The maximum atomic E-state index is 12.1. The topological polar surface area (TPSA) is 104 Å². The van der Waals surface area contributed by atoms with Crippen molar-refractivity contribution in [1.82, 2.24) is 19.1 Å². The first-order chi connectivity index (χ1) is 15.9. The third-order valence-electron chi connectivity index (χ3n) is 6.21. The molecule has 3 aromatic heterocycles. The number of imidazole rings is 1. The number of carbonyl (C=O) groups excluding carboxylic acids is 1. The quantitative estimate of drug-likeness (QED) is 0.207. The second-order valence-electron chi connectivity index (χ2n) is 8.41. The Morgan fingerprint density at radius 3 is 2.67 bits per heavy atom. The number of ether oxygens (including phenoxy) is 2. The zero-order valence-electron chi connectivity index (χ0n) is 19.0. The monoisotopic (exact) mass is 447 g/mol. The Morgan fingerprint density at radius 2 is 2.00 bits per heavy atom. The number of esters is 1. The number of hydrogen-bond donors (Lipinski definition) is 1. The fourth-order valence-electron chi connectivity index (χ4n) is 4.24. The van der Waals surface area contributed by atoms with Crippen LogP contribution in [0.1, 0.15) is 35.8 Å². The molecular weight excluding hydrogens is 422 g/mol. The number of rotatable bonds is 6. The van der Waals surface area contributed by atoms with Crippen LogP contribution in [-0.4, -0.2) is 50.2 Å². The minimum absolute atomic E-state index is 0.384. The van der Waals surface area contributed by atoms with E-state index in [9.17, 15) is 10.0 Å². The fourth-order valence-corrected chi connectivity index (χ4v) is 4.24. The van der Waals surface area contributed by atoms with Gasteiger partial charge in [0.25, 0.3) is 0 Å². The summed E-state index contributed by atoms with van der Waals surface area (Å²) in [5, 5.41) is 13.5. The standard InChI is InChI=1S/C24H25N5O4/c1-13(27-31)17-8-7-15-10-19(29(22(15)25-17)12-14-5-6-14)23-26-18-9-16(24(30)33-4)11-20(32-3)21(18)28(23)2/h7-11,14,31H,5-6,12H2,1-4H3/b27-13+. The molecule has 1 N–H and O–H groups in total. The van der Waals surface area contributed by atoms with Crippen molar-refractivity contribution >= 4 is 33.7 Å². The summed E-state index contributed by atoms with van der Waals surface area (Å²) >= 11 is 0. The highest BCUT2D eigenvalue weighted by molar-refractivity contribution is 5.99. The smallest absolute Gasteiger partial charge is 0.338 e. The Morgan fingerprint density at radius 1 is 1.21 bits per heavy atom. The minimum atomic E-state index is -0.442. The van der Waals surface area contributed by atoms with Crippen LogP contribution in [0.4, 0.5) is 0 Å². The highest BCUT2D eigenvalue weighted by atomic mass is 16.5. The number of methoxy groups -OCH3 is 2. The van der Waals surface area contributed by atoms with Gasteiger partial charge in [0.1, 0.15) is 22.6 Å². The average molecular weight is 447 g/mol. The van der Waals surface area contributed by atoms with Gasteiger partial charge in [0, 0.05) is 19.0 Å². The normalized spacial score (nSPS) is 14.2. The van der Waals surface area contributed by atoms with Gasteiger partial charge in [-0.25, -0.2) is 14.8 Å². The van der Waals surface area contributed by atoms with Gasteiger partial charge in [-0.1, -0.05) is 5.16 Å². The second kappa shape index (κ2) is 7.91. The van der Waals surface area contributed by atoms with E-state index < -0.39 is 5.97 Å². The molecule has 9 nitrogen and oxygen atoms in total. The lowest BCUT2D eigenvalue weighted by Crippen LogP contribution is -2.07. The van der Waals surface area contributed by atoms with Crippen molar-refractivity contribution in [3.8, 4) is 17.3 Å². The number of carbonyl (C=O) groups is 1. The number of fused-ring (bicyclic) bond motifs is 2. The number of benzene rings is 1. The van der Waals surface area contributed by atoms with Crippen molar-refractivity contribution in [1.29, 1.82) is 0 Å². The Kier molecular flexibility index (Phi) is 5.03. The van der Waals surface area contributed by atoms with Gasteiger partial charge >= 0.3 is 5.97 Å². The van der Waals surface area contributed by atoms with Gasteiger partial charge in [-0.05, 0) is 56.0 Å². The lowest BCUT2D eigenvalue weighted by Gasteiger charge is -2.11. The van der Waals surface area contributed by atoms with Gasteiger partial charge in [-0.15, -0.1) is 0 Å². The summed E-state index contributed by atoms with van der Waals surface area (Å²) < 4.78 is 14.6. The highest BCUT2D eigenvalue weighted by Gasteiger charge is 2.27. The molecular formula is C24H25N5O4. The van der Waals surface area contributed by atoms with Crippen LogP contribution >= 0.6 is 0 Å². The Bertz CT molecular complexity index is 1430. The molecule has 0 amide bonds. The lowest BCUT2D eigenvalue weighted by molar-refractivity contribution is 0.0600. The van der Waals surface area contributed by atoms with E-state index in [4.69, 9.17) is 19.4 Å². The summed E-state index contributed by atoms with van der Waals surface area (Å²) in [6.07, 6.45) is 2.38. The summed E-state index contributed by atoms with van der Waals surface area (Å²) in [5.74, 6) is 1.46. The van der Waals surface area contributed by atoms with Crippen LogP contribution in [0.25, 0.3) is 33.6 Å². The van der Waals surface area contributed by atoms with E-state index in [1.165, 1.54) is 20.0 Å². The van der Waals surface area contributed by atoms with Crippen LogP contribution in [0.2, 0.25) is 0 Å². The summed E-state index contributed by atoms with van der Waals surface area (Å²) in [7, 11) is 4.86. The predicted octanol–water partition coefficient (Wildman–Crippen LogP) is 3.99. The Hall–Kier alpha value is -3.88. The van der Waals surface area contributed by atoms with Crippen molar-refractivity contribution in [2.75, 3.05) is 14.2 Å². The molecule has 0 spiro atoms. The molecule has 1 aromatic carbocycles. The average Bonchev–Trinajstić information content (AvgIpc) is 3.51. The largest absolute Gasteiger partial charge is 0.494 e. The van der Waals surface area contributed by atoms with Crippen LogP contribution in [0, 0.1) is 5.92 Å². The summed E-state index contributed by atoms with van der Waals surface area (Å²) in [4.78, 5) is 21.8. The van der Waals surface area contributed by atoms with Crippen molar-refractivity contribution in [2.45, 2.75) is 26.3 Å². The van der Waals surface area contributed by atoms with E-state index >= 15 is 0 Å². The summed E-state index contributed by atoms with van der Waals surface area (Å²) in [6, 6.07) is 9.30. The summed E-state index contributed by atoms with van der Waals surface area (Å²) in [6.45, 7) is 2.55. The van der Waals surface area contributed by atoms with Gasteiger partial charge in [-0.2, -0.15) is 0 Å². The van der Waals surface area contributed by atoms with Crippen LogP contribution in [0.15, 0.2) is 35.5 Å². The SMILES string of the molecule is COC(=O)c1cc(OC)c2c(c1)nc(-c1cc3ccc(/C(C)=N/O)nc3n1CC1CC1)n2C. The van der Waals surface area contributed by atoms with Gasteiger partial charge in [0.05, 0.1) is 36.7 Å². The molecule has 5 rings (SSSR count). The number of aryl methyl sites for hydroxylation is 1. The number of pyridine rings is 1. The van der Waals surface area contributed by atoms with Crippen molar-refractivity contribution < 1.29 is 19.5 Å². The van der Waals surface area contributed by atoms with Crippen molar-refractivity contribution in [3.05, 3.63) is 41.6 Å². The number of nitrogens with zero attached hydrogens (tertiary/aromatic N) is 5. The molecule has 4 aromatic rings. The van der Waals surface area contributed by atoms with Gasteiger partial charge in [0.15, 0.2) is 5.82 Å². The maximum Gasteiger partial charge on any atom is 0.338 e. The molecule has 1 aliphatic rings. The molecule has 0 aliphatic heterocycles. The second-order valence-corrected chi connectivity index (χ2v) is 8.41. The number of hydrogen-bond acceptors (Lipinski definition) is 7. The maximum absolute atomic E-state index is 12.1. The zero-order valence-corrected chi connectivity index (χ0v) is 19.0. The van der Waals surface area contributed by atoms with E-state index in [0.29, 0.717) is 34.2 Å². The molecule has 1 aliphatic carbocycles. The van der Waals surface area contributed by atoms with Crippen LogP contribution in [0.3, 0.4) is 0 Å². The molecule has 0 saturated heterocycles. The molecule has 9 heteroatoms. The fraction of sp³-hybridized carbons (Fsp3) is 0.333. The molecule has 0 radical (unpaired) electrons. The molecule has 33 heavy (non-hydrogen) atoms. The van der Waals surface area contributed by atoms with E-state index in [2.05, 4.69) is 15.8 Å². The van der Waals surface area contributed by atoms with Crippen molar-refractivity contribution in [2.24, 2.45) is 18.1 Å².